The summed E-state index contributed by atoms with van der Waals surface area (Å²) in [6.45, 7) is 0. The van der Waals surface area contributed by atoms with Crippen molar-refractivity contribution in [3.63, 3.8) is 0 Å². The molecule has 0 aromatic rings. The van der Waals surface area contributed by atoms with E-state index in [9.17, 15) is 9.59 Å². The van der Waals surface area contributed by atoms with Crippen LogP contribution in [0.15, 0.2) is 0 Å². The zero-order valence-electron chi connectivity index (χ0n) is 7.92. The molecule has 1 saturated heterocycles. The minimum Gasteiger partial charge on any atom is -0.437 e. The van der Waals surface area contributed by atoms with Crippen LogP contribution in [0.4, 0.5) is 0 Å². The third-order valence-corrected chi connectivity index (χ3v) is 3.57. The van der Waals surface area contributed by atoms with Gasteiger partial charge in [-0.25, -0.2) is 4.31 Å². The molecule has 0 aromatic carbocycles. The molecule has 1 aliphatic heterocycles. The van der Waals surface area contributed by atoms with E-state index in [1.165, 1.54) is 4.31 Å². The quantitative estimate of drug-likeness (QED) is 0.321. The van der Waals surface area contributed by atoms with Gasteiger partial charge >= 0.3 is 5.97 Å². The van der Waals surface area contributed by atoms with Gasteiger partial charge in [-0.3, -0.25) is 9.59 Å². The van der Waals surface area contributed by atoms with Crippen LogP contribution in [0.25, 0.3) is 0 Å². The highest BCUT2D eigenvalue weighted by Gasteiger charge is 2.41. The average Bonchev–Trinajstić information content (AvgIpc) is 2.43. The van der Waals surface area contributed by atoms with Gasteiger partial charge in [0.05, 0.1) is 0 Å². The number of hydrogen-bond donors (Lipinski definition) is 2. The smallest absolute Gasteiger partial charge is 0.325 e. The van der Waals surface area contributed by atoms with Gasteiger partial charge in [0.25, 0.3) is 0 Å². The summed E-state index contributed by atoms with van der Waals surface area (Å²) in [6, 6.07) is -0.825. The fourth-order valence-corrected chi connectivity index (χ4v) is 2.35. The third kappa shape index (κ3) is 3.01. The first-order valence-corrected chi connectivity index (χ1v) is 6.02. The highest BCUT2D eigenvalue weighted by molar-refractivity contribution is 8.00. The number of alkyl halides is 1. The molecule has 5 nitrogen and oxygen atoms in total. The number of likely N-dealkylation sites (N-methyl/N-ethyl adjacent to an activating group) is 1. The number of ether oxygens (including phenoxy) is 1. The molecule has 1 aliphatic rings. The molecule has 0 amide bonds. The van der Waals surface area contributed by atoms with Crippen LogP contribution in [0.1, 0.15) is 0 Å². The summed E-state index contributed by atoms with van der Waals surface area (Å²) in [6.07, 6.45) is -0.948. The number of hydrogen-bond acceptors (Lipinski definition) is 7. The number of carbonyl (C=O) groups excluding carboxylic acids is 2. The van der Waals surface area contributed by atoms with Crippen molar-refractivity contribution in [2.24, 2.45) is 5.73 Å². The Balaban J connectivity index is 2.58. The molecule has 0 radical (unpaired) electrons. The van der Waals surface area contributed by atoms with Crippen LogP contribution in [0.2, 0.25) is 0 Å². The molecule has 0 aromatic heterocycles. The standard InChI is InChI=1S/C7H11ClN2O3S2/c1-10-6(4(11)5(8)15-10)13-7(12)3(9)2-14/h3,5-6,14H,2,9H2,1H3/t3-,5?,6?/m0/s1. The fraction of sp³-hybridized carbons (Fsp3) is 0.714. The highest BCUT2D eigenvalue weighted by Crippen LogP contribution is 2.32. The first-order chi connectivity index (χ1) is 6.97. The summed E-state index contributed by atoms with van der Waals surface area (Å²) in [7, 11) is 1.62. The van der Waals surface area contributed by atoms with Crippen molar-refractivity contribution in [2.75, 3.05) is 12.8 Å². The number of carbonyl (C=O) groups is 2. The second-order valence-electron chi connectivity index (χ2n) is 2.95. The summed E-state index contributed by atoms with van der Waals surface area (Å²) in [5.74, 6) is -0.827. The molecule has 3 atom stereocenters. The number of halogens is 1. The largest absolute Gasteiger partial charge is 0.437 e. The Morgan fingerprint density at radius 1 is 1.87 bits per heavy atom. The predicted octanol–water partition coefficient (Wildman–Crippen LogP) is -0.160. The van der Waals surface area contributed by atoms with E-state index in [0.717, 1.165) is 11.9 Å². The number of nitrogens with zero attached hydrogens (tertiary/aromatic N) is 1. The molecule has 2 unspecified atom stereocenters. The molecule has 8 heteroatoms. The zero-order chi connectivity index (χ0) is 11.6. The van der Waals surface area contributed by atoms with Crippen LogP contribution in [0, 0.1) is 0 Å². The van der Waals surface area contributed by atoms with Gasteiger partial charge in [0.15, 0.2) is 4.71 Å². The second-order valence-corrected chi connectivity index (χ2v) is 5.27. The van der Waals surface area contributed by atoms with E-state index < -0.39 is 22.9 Å². The molecule has 86 valence electrons. The van der Waals surface area contributed by atoms with E-state index in [1.807, 2.05) is 0 Å². The Bertz CT molecular complexity index is 279. The highest BCUT2D eigenvalue weighted by atomic mass is 35.5. The van der Waals surface area contributed by atoms with Crippen LogP contribution in [0.3, 0.4) is 0 Å². The van der Waals surface area contributed by atoms with E-state index in [2.05, 4.69) is 12.6 Å². The number of esters is 1. The Labute approximate surface area is 102 Å². The maximum absolute atomic E-state index is 11.4. The van der Waals surface area contributed by atoms with E-state index in [0.29, 0.717) is 0 Å². The monoisotopic (exact) mass is 270 g/mol. The van der Waals surface area contributed by atoms with Crippen molar-refractivity contribution < 1.29 is 14.3 Å². The number of Topliss-reactive ketones (excluding diaryl/α,β-unsaturated/α-hetero) is 1. The van der Waals surface area contributed by atoms with Crippen molar-refractivity contribution in [3.05, 3.63) is 0 Å². The van der Waals surface area contributed by atoms with Crippen LogP contribution < -0.4 is 5.73 Å². The molecule has 0 spiro atoms. The van der Waals surface area contributed by atoms with Crippen molar-refractivity contribution in [1.29, 1.82) is 0 Å². The summed E-state index contributed by atoms with van der Waals surface area (Å²) in [5, 5.41) is 0. The minimum absolute atomic E-state index is 0.168. The first kappa shape index (κ1) is 13.1. The van der Waals surface area contributed by atoms with Gasteiger partial charge in [-0.2, -0.15) is 12.6 Å². The van der Waals surface area contributed by atoms with Crippen molar-refractivity contribution in [3.8, 4) is 0 Å². The number of nitrogens with two attached hydrogens (primary N) is 1. The maximum Gasteiger partial charge on any atom is 0.325 e. The summed E-state index contributed by atoms with van der Waals surface area (Å²) in [5.41, 5.74) is 5.40. The molecule has 0 saturated carbocycles. The molecule has 0 aliphatic carbocycles. The zero-order valence-corrected chi connectivity index (χ0v) is 10.4. The lowest BCUT2D eigenvalue weighted by atomic mass is 10.3. The number of rotatable bonds is 3. The lowest BCUT2D eigenvalue weighted by molar-refractivity contribution is -0.159. The van der Waals surface area contributed by atoms with Gasteiger partial charge in [0.2, 0.25) is 12.0 Å². The van der Waals surface area contributed by atoms with Gasteiger partial charge in [-0.05, 0) is 11.9 Å². The normalized spacial score (nSPS) is 29.2. The Morgan fingerprint density at radius 2 is 2.47 bits per heavy atom. The van der Waals surface area contributed by atoms with E-state index in [1.54, 1.807) is 7.05 Å². The fourth-order valence-electron chi connectivity index (χ4n) is 0.949. The van der Waals surface area contributed by atoms with Gasteiger partial charge < -0.3 is 10.5 Å². The second kappa shape index (κ2) is 5.40. The Kier molecular flexibility index (Phi) is 4.72. The van der Waals surface area contributed by atoms with Gasteiger partial charge in [0, 0.05) is 12.8 Å². The molecule has 1 heterocycles. The average molecular weight is 271 g/mol. The third-order valence-electron chi connectivity index (χ3n) is 1.78. The lowest BCUT2D eigenvalue weighted by Crippen LogP contribution is -2.41. The SMILES string of the molecule is CN1SC(Cl)C(=O)C1OC(=O)[C@@H](N)CS. The molecule has 15 heavy (non-hydrogen) atoms. The van der Waals surface area contributed by atoms with Crippen LogP contribution in [0.5, 0.6) is 0 Å². The van der Waals surface area contributed by atoms with Crippen molar-refractivity contribution >= 4 is 47.9 Å². The summed E-state index contributed by atoms with van der Waals surface area (Å²) in [4.78, 5) is 22.7. The predicted molar refractivity (Wildman–Crippen MR) is 61.7 cm³/mol. The van der Waals surface area contributed by atoms with Crippen molar-refractivity contribution in [2.45, 2.75) is 17.0 Å². The van der Waals surface area contributed by atoms with Gasteiger partial charge in [-0.1, -0.05) is 0 Å². The summed E-state index contributed by atoms with van der Waals surface area (Å²) < 4.78 is 5.70. The molecule has 0 bridgehead atoms. The molecular formula is C7H11ClN2O3S2. The van der Waals surface area contributed by atoms with Crippen LogP contribution in [-0.2, 0) is 14.3 Å². The summed E-state index contributed by atoms with van der Waals surface area (Å²) >= 11 is 10.7. The van der Waals surface area contributed by atoms with Gasteiger partial charge in [0.1, 0.15) is 6.04 Å². The lowest BCUT2D eigenvalue weighted by Gasteiger charge is -2.18. The molecule has 1 fully saturated rings. The topological polar surface area (TPSA) is 72.6 Å². The van der Waals surface area contributed by atoms with Gasteiger partial charge in [-0.15, -0.1) is 11.6 Å². The maximum atomic E-state index is 11.4. The first-order valence-electron chi connectivity index (χ1n) is 4.11. The molecule has 2 N–H and O–H groups in total. The van der Waals surface area contributed by atoms with E-state index in [4.69, 9.17) is 22.1 Å². The molecular weight excluding hydrogens is 260 g/mol. The number of ketones is 1. The molecule has 1 rings (SSSR count). The van der Waals surface area contributed by atoms with E-state index >= 15 is 0 Å². The minimum atomic E-state index is -0.948. The van der Waals surface area contributed by atoms with E-state index in [-0.39, 0.29) is 11.5 Å². The Morgan fingerprint density at radius 3 is 2.87 bits per heavy atom. The van der Waals surface area contributed by atoms with Crippen LogP contribution >= 0.6 is 36.2 Å². The Hall–Kier alpha value is 0.0500. The van der Waals surface area contributed by atoms with Crippen LogP contribution in [-0.4, -0.2) is 45.8 Å². The van der Waals surface area contributed by atoms with Crippen molar-refractivity contribution in [1.82, 2.24) is 4.31 Å². The number of thiol groups is 1.